The molecule has 88 valence electrons. The van der Waals surface area contributed by atoms with Crippen molar-refractivity contribution < 1.29 is 9.90 Å². The van der Waals surface area contributed by atoms with Gasteiger partial charge in [0.25, 0.3) is 5.91 Å². The lowest BCUT2D eigenvalue weighted by molar-refractivity contribution is 0.0897. The fraction of sp³-hybridized carbons (Fsp3) is 0.417. The Morgan fingerprint density at radius 3 is 2.38 bits per heavy atom. The van der Waals surface area contributed by atoms with E-state index in [0.717, 1.165) is 0 Å². The molecule has 0 saturated heterocycles. The molecule has 0 aliphatic carbocycles. The highest BCUT2D eigenvalue weighted by Gasteiger charge is 2.15. The van der Waals surface area contributed by atoms with Gasteiger partial charge in [-0.1, -0.05) is 13.8 Å². The van der Waals surface area contributed by atoms with Crippen LogP contribution < -0.4 is 11.1 Å². The second-order valence-electron chi connectivity index (χ2n) is 4.13. The van der Waals surface area contributed by atoms with Crippen LogP contribution in [0.1, 0.15) is 24.2 Å². The number of nitrogens with two attached hydrogens (primary N) is 1. The summed E-state index contributed by atoms with van der Waals surface area (Å²) in [5.74, 6) is 0.00971. The number of aliphatic hydroxyl groups is 1. The highest BCUT2D eigenvalue weighted by atomic mass is 16.3. The number of rotatable bonds is 4. The van der Waals surface area contributed by atoms with E-state index in [4.69, 9.17) is 10.8 Å². The van der Waals surface area contributed by atoms with Gasteiger partial charge in [0.15, 0.2) is 0 Å². The van der Waals surface area contributed by atoms with Crippen LogP contribution in [0.4, 0.5) is 5.69 Å². The number of nitrogen functional groups attached to an aromatic ring is 1. The fourth-order valence-corrected chi connectivity index (χ4v) is 1.31. The van der Waals surface area contributed by atoms with Crippen LogP contribution in [0.25, 0.3) is 0 Å². The van der Waals surface area contributed by atoms with Crippen molar-refractivity contribution in [2.45, 2.75) is 19.9 Å². The molecule has 0 bridgehead atoms. The van der Waals surface area contributed by atoms with E-state index in [1.54, 1.807) is 24.3 Å². The predicted molar refractivity (Wildman–Crippen MR) is 64.0 cm³/mol. The lowest BCUT2D eigenvalue weighted by Crippen LogP contribution is -2.41. The maximum Gasteiger partial charge on any atom is 0.251 e. The molecule has 1 amide bonds. The summed E-state index contributed by atoms with van der Waals surface area (Å²) < 4.78 is 0. The van der Waals surface area contributed by atoms with Crippen molar-refractivity contribution in [3.05, 3.63) is 29.8 Å². The topological polar surface area (TPSA) is 75.3 Å². The van der Waals surface area contributed by atoms with E-state index in [9.17, 15) is 4.79 Å². The number of nitrogens with one attached hydrogen (secondary N) is 1. The minimum atomic E-state index is -0.218. The molecule has 0 aromatic heterocycles. The Balaban J connectivity index is 2.68. The molecule has 0 aliphatic heterocycles. The van der Waals surface area contributed by atoms with Gasteiger partial charge in [-0.2, -0.15) is 0 Å². The zero-order valence-electron chi connectivity index (χ0n) is 9.60. The molecule has 0 fully saturated rings. The maximum atomic E-state index is 11.8. The third-order valence-electron chi connectivity index (χ3n) is 2.49. The number of benzene rings is 1. The van der Waals surface area contributed by atoms with E-state index in [2.05, 4.69) is 5.32 Å². The van der Waals surface area contributed by atoms with Gasteiger partial charge < -0.3 is 16.2 Å². The molecule has 0 radical (unpaired) electrons. The highest BCUT2D eigenvalue weighted by Crippen LogP contribution is 2.07. The van der Waals surface area contributed by atoms with E-state index in [0.29, 0.717) is 11.3 Å². The zero-order valence-corrected chi connectivity index (χ0v) is 9.60. The molecule has 4 nitrogen and oxygen atoms in total. The number of hydrogen-bond donors (Lipinski definition) is 3. The number of anilines is 1. The minimum Gasteiger partial charge on any atom is -0.399 e. The first kappa shape index (κ1) is 12.5. The second kappa shape index (κ2) is 5.51. The molecule has 1 rings (SSSR count). The molecule has 0 unspecified atom stereocenters. The largest absolute Gasteiger partial charge is 0.399 e. The van der Waals surface area contributed by atoms with E-state index in [1.165, 1.54) is 0 Å². The molecule has 1 aromatic rings. The lowest BCUT2D eigenvalue weighted by atomic mass is 10.0. The Morgan fingerprint density at radius 1 is 1.38 bits per heavy atom. The number of hydrogen-bond acceptors (Lipinski definition) is 3. The van der Waals surface area contributed by atoms with Crippen molar-refractivity contribution in [3.63, 3.8) is 0 Å². The molecular weight excluding hydrogens is 204 g/mol. The second-order valence-corrected chi connectivity index (χ2v) is 4.13. The van der Waals surface area contributed by atoms with Crippen LogP contribution in [0.15, 0.2) is 24.3 Å². The summed E-state index contributed by atoms with van der Waals surface area (Å²) in [4.78, 5) is 11.8. The molecule has 0 saturated carbocycles. The maximum absolute atomic E-state index is 11.8. The van der Waals surface area contributed by atoms with Crippen LogP contribution in [-0.2, 0) is 0 Å². The molecule has 16 heavy (non-hydrogen) atoms. The molecule has 1 aromatic carbocycles. The summed E-state index contributed by atoms with van der Waals surface area (Å²) in [7, 11) is 0. The normalized spacial score (nSPS) is 12.5. The van der Waals surface area contributed by atoms with E-state index in [1.807, 2.05) is 13.8 Å². The third kappa shape index (κ3) is 3.24. The Labute approximate surface area is 95.5 Å². The van der Waals surface area contributed by atoms with Gasteiger partial charge in [-0.3, -0.25) is 4.79 Å². The summed E-state index contributed by atoms with van der Waals surface area (Å²) in [5, 5.41) is 11.9. The van der Waals surface area contributed by atoms with Crippen LogP contribution in [-0.4, -0.2) is 23.7 Å². The molecule has 4 heteroatoms. The van der Waals surface area contributed by atoms with E-state index >= 15 is 0 Å². The summed E-state index contributed by atoms with van der Waals surface area (Å²) in [6, 6.07) is 6.47. The zero-order chi connectivity index (χ0) is 12.1. The van der Waals surface area contributed by atoms with Crippen molar-refractivity contribution in [1.82, 2.24) is 5.32 Å². The van der Waals surface area contributed by atoms with Crippen molar-refractivity contribution in [1.29, 1.82) is 0 Å². The third-order valence-corrected chi connectivity index (χ3v) is 2.49. The molecule has 1 atom stereocenters. The molecular formula is C12H18N2O2. The average Bonchev–Trinajstić information content (AvgIpc) is 2.26. The number of carbonyl (C=O) groups excluding carboxylic acids is 1. The standard InChI is InChI=1S/C12H18N2O2/c1-8(2)11(7-15)14-12(16)9-3-5-10(13)6-4-9/h3-6,8,11,15H,7,13H2,1-2H3,(H,14,16)/t11-/m1/s1. The number of carbonyl (C=O) groups is 1. The highest BCUT2D eigenvalue weighted by molar-refractivity contribution is 5.94. The number of amides is 1. The van der Waals surface area contributed by atoms with E-state index < -0.39 is 0 Å². The SMILES string of the molecule is CC(C)[C@@H](CO)NC(=O)c1ccc(N)cc1. The van der Waals surface area contributed by atoms with Crippen LogP contribution in [0, 0.1) is 5.92 Å². The quantitative estimate of drug-likeness (QED) is 0.666. The minimum absolute atomic E-state index is 0.0572. The molecule has 0 aliphatic rings. The van der Waals surface area contributed by atoms with Crippen LogP contribution in [0.5, 0.6) is 0 Å². The fourth-order valence-electron chi connectivity index (χ4n) is 1.31. The van der Waals surface area contributed by atoms with E-state index in [-0.39, 0.29) is 24.5 Å². The first-order valence-corrected chi connectivity index (χ1v) is 5.32. The van der Waals surface area contributed by atoms with Crippen molar-refractivity contribution in [3.8, 4) is 0 Å². The smallest absolute Gasteiger partial charge is 0.251 e. The van der Waals surface area contributed by atoms with Gasteiger partial charge in [-0.25, -0.2) is 0 Å². The van der Waals surface area contributed by atoms with Crippen molar-refractivity contribution >= 4 is 11.6 Å². The van der Waals surface area contributed by atoms with Crippen LogP contribution >= 0.6 is 0 Å². The van der Waals surface area contributed by atoms with Gasteiger partial charge in [-0.05, 0) is 30.2 Å². The predicted octanol–water partition coefficient (Wildman–Crippen LogP) is 1.02. The molecule has 0 spiro atoms. The Kier molecular flexibility index (Phi) is 4.31. The van der Waals surface area contributed by atoms with Crippen molar-refractivity contribution in [2.24, 2.45) is 5.92 Å². The van der Waals surface area contributed by atoms with Gasteiger partial charge in [0.05, 0.1) is 12.6 Å². The Hall–Kier alpha value is -1.55. The molecule has 0 heterocycles. The number of aliphatic hydroxyl groups excluding tert-OH is 1. The summed E-state index contributed by atoms with van der Waals surface area (Å²) in [6.07, 6.45) is 0. The lowest BCUT2D eigenvalue weighted by Gasteiger charge is -2.19. The van der Waals surface area contributed by atoms with Crippen molar-refractivity contribution in [2.75, 3.05) is 12.3 Å². The summed E-state index contributed by atoms with van der Waals surface area (Å²) in [5.41, 5.74) is 6.70. The van der Waals surface area contributed by atoms with Crippen LogP contribution in [0.3, 0.4) is 0 Å². The first-order valence-electron chi connectivity index (χ1n) is 5.32. The van der Waals surface area contributed by atoms with Gasteiger partial charge in [0.2, 0.25) is 0 Å². The van der Waals surface area contributed by atoms with Gasteiger partial charge in [-0.15, -0.1) is 0 Å². The monoisotopic (exact) mass is 222 g/mol. The van der Waals surface area contributed by atoms with Gasteiger partial charge in [0.1, 0.15) is 0 Å². The van der Waals surface area contributed by atoms with Gasteiger partial charge >= 0.3 is 0 Å². The summed E-state index contributed by atoms with van der Waals surface area (Å²) >= 11 is 0. The van der Waals surface area contributed by atoms with Gasteiger partial charge in [0, 0.05) is 11.3 Å². The molecule has 4 N–H and O–H groups in total. The Morgan fingerprint density at radius 2 is 1.94 bits per heavy atom. The first-order chi connectivity index (χ1) is 7.54. The Bertz CT molecular complexity index is 347. The summed E-state index contributed by atoms with van der Waals surface area (Å²) in [6.45, 7) is 3.84. The van der Waals surface area contributed by atoms with Crippen LogP contribution in [0.2, 0.25) is 0 Å². The average molecular weight is 222 g/mol.